The zero-order valence-electron chi connectivity index (χ0n) is 16.9. The van der Waals surface area contributed by atoms with E-state index in [1.165, 1.54) is 14.2 Å². The van der Waals surface area contributed by atoms with Crippen LogP contribution >= 0.6 is 39.1 Å². The largest absolute Gasteiger partial charge is 0.432 e. The number of aromatic nitrogens is 1. The Bertz CT molecular complexity index is 1300. The van der Waals surface area contributed by atoms with E-state index < -0.39 is 5.91 Å². The molecule has 0 unspecified atom stereocenters. The van der Waals surface area contributed by atoms with Crippen LogP contribution in [0.25, 0.3) is 33.5 Å². The number of aryl methyl sites for hydroxylation is 1. The van der Waals surface area contributed by atoms with Crippen molar-refractivity contribution in [2.45, 2.75) is 6.92 Å². The lowest BCUT2D eigenvalue weighted by Gasteiger charge is -2.12. The van der Waals surface area contributed by atoms with Gasteiger partial charge in [0.05, 0.1) is 17.8 Å². The SMILES string of the molecule is CON(C)C(=O)c1oc2nc(-c3ccc(Br)cc3Cl)c(-c3ccc(Cl)cc3)cc2c1C. The highest BCUT2D eigenvalue weighted by Crippen LogP contribution is 2.39. The first-order valence-corrected chi connectivity index (χ1v) is 10.8. The van der Waals surface area contributed by atoms with Crippen molar-refractivity contribution in [1.82, 2.24) is 10.0 Å². The van der Waals surface area contributed by atoms with Crippen LogP contribution in [0.3, 0.4) is 0 Å². The molecule has 0 bridgehead atoms. The number of halogens is 3. The molecule has 4 aromatic rings. The summed E-state index contributed by atoms with van der Waals surface area (Å²) in [5.74, 6) is -0.220. The number of rotatable bonds is 4. The third-order valence-electron chi connectivity index (χ3n) is 5.03. The van der Waals surface area contributed by atoms with Crippen molar-refractivity contribution in [2.75, 3.05) is 14.2 Å². The summed E-state index contributed by atoms with van der Waals surface area (Å²) in [5.41, 5.74) is 4.16. The normalized spacial score (nSPS) is 11.2. The second-order valence-corrected chi connectivity index (χ2v) is 8.67. The van der Waals surface area contributed by atoms with Gasteiger partial charge in [-0.05, 0) is 42.8 Å². The van der Waals surface area contributed by atoms with Gasteiger partial charge in [-0.15, -0.1) is 0 Å². The molecule has 0 fully saturated rings. The van der Waals surface area contributed by atoms with Crippen LogP contribution < -0.4 is 0 Å². The first-order valence-electron chi connectivity index (χ1n) is 9.27. The molecule has 5 nitrogen and oxygen atoms in total. The molecule has 0 atom stereocenters. The van der Waals surface area contributed by atoms with Crippen molar-refractivity contribution in [3.63, 3.8) is 0 Å². The Morgan fingerprint density at radius 1 is 1.10 bits per heavy atom. The van der Waals surface area contributed by atoms with Gasteiger partial charge in [0, 0.05) is 38.6 Å². The summed E-state index contributed by atoms with van der Waals surface area (Å²) in [6.45, 7) is 1.82. The highest BCUT2D eigenvalue weighted by Gasteiger charge is 2.24. The fourth-order valence-electron chi connectivity index (χ4n) is 3.30. The quantitative estimate of drug-likeness (QED) is 0.268. The number of pyridine rings is 1. The number of carbonyl (C=O) groups excluding carboxylic acids is 1. The summed E-state index contributed by atoms with van der Waals surface area (Å²) in [6.07, 6.45) is 0. The van der Waals surface area contributed by atoms with Gasteiger partial charge in [0.15, 0.2) is 5.76 Å². The molecule has 0 aliphatic heterocycles. The average Bonchev–Trinajstić information content (AvgIpc) is 3.08. The standard InChI is InChI=1S/C23H17BrCl2N2O3/c1-12-17-11-18(13-4-7-15(25)8-5-13)20(16-9-6-14(24)10-19(16)26)27-22(17)31-21(12)23(29)28(2)30-3/h4-11H,1-3H3. The van der Waals surface area contributed by atoms with E-state index in [-0.39, 0.29) is 5.76 Å². The van der Waals surface area contributed by atoms with Crippen LogP contribution in [0.15, 0.2) is 57.4 Å². The average molecular weight is 520 g/mol. The molecule has 0 aliphatic carbocycles. The van der Waals surface area contributed by atoms with Gasteiger partial charge >= 0.3 is 5.91 Å². The van der Waals surface area contributed by atoms with Crippen LogP contribution in [0.5, 0.6) is 0 Å². The summed E-state index contributed by atoms with van der Waals surface area (Å²) < 4.78 is 6.72. The third-order valence-corrected chi connectivity index (χ3v) is 6.08. The molecule has 2 aromatic carbocycles. The van der Waals surface area contributed by atoms with Crippen molar-refractivity contribution in [3.05, 3.63) is 74.4 Å². The Balaban J connectivity index is 2.01. The highest BCUT2D eigenvalue weighted by molar-refractivity contribution is 9.10. The van der Waals surface area contributed by atoms with Crippen LogP contribution in [0.1, 0.15) is 16.1 Å². The van der Waals surface area contributed by atoms with Crippen molar-refractivity contribution in [3.8, 4) is 22.4 Å². The molecule has 0 spiro atoms. The number of fused-ring (bicyclic) bond motifs is 1. The molecule has 158 valence electrons. The van der Waals surface area contributed by atoms with E-state index in [0.717, 1.165) is 31.6 Å². The summed E-state index contributed by atoms with van der Waals surface area (Å²) >= 11 is 16.1. The highest BCUT2D eigenvalue weighted by atomic mass is 79.9. The zero-order valence-corrected chi connectivity index (χ0v) is 20.0. The maximum absolute atomic E-state index is 12.6. The van der Waals surface area contributed by atoms with Gasteiger partial charge in [-0.2, -0.15) is 0 Å². The van der Waals surface area contributed by atoms with Gasteiger partial charge in [-0.3, -0.25) is 9.63 Å². The molecule has 0 saturated carbocycles. The van der Waals surface area contributed by atoms with E-state index in [1.54, 1.807) is 0 Å². The Kier molecular flexibility index (Phi) is 6.08. The van der Waals surface area contributed by atoms with Crippen LogP contribution in [-0.4, -0.2) is 30.1 Å². The molecule has 0 aliphatic rings. The van der Waals surface area contributed by atoms with Gasteiger partial charge in [0.25, 0.3) is 0 Å². The minimum atomic E-state index is -0.394. The lowest BCUT2D eigenvalue weighted by molar-refractivity contribution is -0.0773. The van der Waals surface area contributed by atoms with Crippen LogP contribution in [-0.2, 0) is 4.84 Å². The first kappa shape index (κ1) is 21.8. The van der Waals surface area contributed by atoms with Crippen molar-refractivity contribution >= 4 is 56.1 Å². The van der Waals surface area contributed by atoms with Crippen molar-refractivity contribution in [2.24, 2.45) is 0 Å². The topological polar surface area (TPSA) is 55.6 Å². The molecule has 0 N–H and O–H groups in total. The Morgan fingerprint density at radius 3 is 2.45 bits per heavy atom. The lowest BCUT2D eigenvalue weighted by atomic mass is 9.97. The molecule has 0 saturated heterocycles. The number of benzene rings is 2. The predicted octanol–water partition coefficient (Wildman–Crippen LogP) is 7.17. The van der Waals surface area contributed by atoms with Crippen LogP contribution in [0.2, 0.25) is 10.0 Å². The minimum absolute atomic E-state index is 0.174. The molecule has 31 heavy (non-hydrogen) atoms. The number of hydroxylamine groups is 2. The van der Waals surface area contributed by atoms with Gasteiger partial charge in [0.2, 0.25) is 5.71 Å². The second-order valence-electron chi connectivity index (χ2n) is 6.91. The number of nitrogens with zero attached hydrogens (tertiary/aromatic N) is 2. The molecule has 2 heterocycles. The number of hydrogen-bond donors (Lipinski definition) is 0. The van der Waals surface area contributed by atoms with Gasteiger partial charge in [-0.1, -0.05) is 57.3 Å². The number of carbonyl (C=O) groups is 1. The van der Waals surface area contributed by atoms with Crippen LogP contribution in [0, 0.1) is 6.92 Å². The summed E-state index contributed by atoms with van der Waals surface area (Å²) in [6, 6.07) is 15.0. The van der Waals surface area contributed by atoms with Gasteiger partial charge < -0.3 is 4.42 Å². The summed E-state index contributed by atoms with van der Waals surface area (Å²) in [7, 11) is 2.94. The predicted molar refractivity (Wildman–Crippen MR) is 126 cm³/mol. The molecule has 1 amide bonds. The maximum Gasteiger partial charge on any atom is 0.313 e. The minimum Gasteiger partial charge on any atom is -0.432 e. The molecule has 2 aromatic heterocycles. The maximum atomic E-state index is 12.6. The molecular weight excluding hydrogens is 503 g/mol. The molecule has 8 heteroatoms. The van der Waals surface area contributed by atoms with Gasteiger partial charge in [-0.25, -0.2) is 10.0 Å². The fraction of sp³-hybridized carbons (Fsp3) is 0.130. The fourth-order valence-corrected chi connectivity index (χ4v) is 4.19. The monoisotopic (exact) mass is 518 g/mol. The number of amides is 1. The smallest absolute Gasteiger partial charge is 0.313 e. The van der Waals surface area contributed by atoms with E-state index in [1.807, 2.05) is 55.5 Å². The third kappa shape index (κ3) is 4.08. The van der Waals surface area contributed by atoms with Crippen molar-refractivity contribution < 1.29 is 14.0 Å². The van der Waals surface area contributed by atoms with E-state index in [0.29, 0.717) is 27.0 Å². The lowest BCUT2D eigenvalue weighted by Crippen LogP contribution is -2.25. The Hall–Kier alpha value is -2.38. The van der Waals surface area contributed by atoms with E-state index >= 15 is 0 Å². The molecule has 0 radical (unpaired) electrons. The van der Waals surface area contributed by atoms with Gasteiger partial charge in [0.1, 0.15) is 0 Å². The number of furan rings is 1. The van der Waals surface area contributed by atoms with Crippen molar-refractivity contribution in [1.29, 1.82) is 0 Å². The molecule has 4 rings (SSSR count). The van der Waals surface area contributed by atoms with E-state index in [4.69, 9.17) is 37.4 Å². The Labute approximate surface area is 197 Å². The Morgan fingerprint density at radius 2 is 1.81 bits per heavy atom. The summed E-state index contributed by atoms with van der Waals surface area (Å²) in [4.78, 5) is 22.4. The zero-order chi connectivity index (χ0) is 22.3. The second kappa shape index (κ2) is 8.63. The van der Waals surface area contributed by atoms with E-state index in [2.05, 4.69) is 15.9 Å². The molecular formula is C23H17BrCl2N2O3. The summed E-state index contributed by atoms with van der Waals surface area (Å²) in [5, 5.41) is 3.01. The van der Waals surface area contributed by atoms with E-state index in [9.17, 15) is 4.79 Å². The number of hydrogen-bond acceptors (Lipinski definition) is 4. The van der Waals surface area contributed by atoms with Crippen LogP contribution in [0.4, 0.5) is 0 Å². The first-order chi connectivity index (χ1) is 14.8.